The number of hydrogen-bond donors (Lipinski definition) is 0. The van der Waals surface area contributed by atoms with E-state index in [0.717, 1.165) is 0 Å². The van der Waals surface area contributed by atoms with Crippen LogP contribution in [0.2, 0.25) is 0 Å². The van der Waals surface area contributed by atoms with Crippen molar-refractivity contribution in [2.24, 2.45) is 8.78 Å². The Morgan fingerprint density at radius 2 is 2.00 bits per heavy atom. The molecule has 0 aliphatic rings. The molecule has 0 fully saturated rings. The molecule has 0 saturated carbocycles. The first kappa shape index (κ1) is 4.13. The summed E-state index contributed by atoms with van der Waals surface area (Å²) in [6, 6.07) is 0. The van der Waals surface area contributed by atoms with Crippen LogP contribution >= 0.6 is 0 Å². The summed E-state index contributed by atoms with van der Waals surface area (Å²) in [7, 11) is 0. The van der Waals surface area contributed by atoms with E-state index < -0.39 is 0 Å². The minimum absolute atomic E-state index is 2.43. The summed E-state index contributed by atoms with van der Waals surface area (Å²) in [4.78, 5) is 0. The quantitative estimate of drug-likeness (QED) is 0.291. The molecular weight excluding hydrogens is 146 g/mol. The van der Waals surface area contributed by atoms with E-state index in [2.05, 4.69) is 34.5 Å². The zero-order valence-electron chi connectivity index (χ0n) is 1.92. The predicted molar refractivity (Wildman–Crippen MR) is 12.0 cm³/mol. The van der Waals surface area contributed by atoms with Gasteiger partial charge in [-0.25, -0.2) is 0 Å². The van der Waals surface area contributed by atoms with Crippen molar-refractivity contribution in [3.05, 3.63) is 0 Å². The second-order valence-electron chi connectivity index (χ2n) is 0.205. The number of hydrogen-bond acceptors (Lipinski definition) is 2. The van der Waals surface area contributed by atoms with Gasteiger partial charge < -0.3 is 0 Å². The Kier molecular flexibility index (Phi) is 3.24. The van der Waals surface area contributed by atoms with Crippen LogP contribution in [-0.2, 0) is 19.0 Å². The van der Waals surface area contributed by atoms with Gasteiger partial charge in [-0.1, -0.05) is 0 Å². The number of nitrogens with zero attached hydrogens (tertiary/aromatic N) is 2. The van der Waals surface area contributed by atoms with Crippen LogP contribution in [0.3, 0.4) is 0 Å². The fraction of sp³-hybridized carbons (Fsp3) is 0. The minimum atomic E-state index is 2.43. The summed E-state index contributed by atoms with van der Waals surface area (Å²) >= 11 is 2.43. The van der Waals surface area contributed by atoms with E-state index in [1.807, 2.05) is 0 Å². The molecule has 0 aliphatic carbocycles. The molecule has 0 aromatic rings. The fourth-order valence-corrected chi connectivity index (χ4v) is 0. The molecule has 0 aromatic carbocycles. The molecule has 0 saturated heterocycles. The van der Waals surface area contributed by atoms with Crippen molar-refractivity contribution in [3.63, 3.8) is 0 Å². The van der Waals surface area contributed by atoms with Crippen molar-refractivity contribution in [1.29, 1.82) is 0 Å². The standard InChI is InChI=1S/CH2N2.Pd/c1-3-2;/h1H2;. The van der Waals surface area contributed by atoms with Gasteiger partial charge >= 0.3 is 34.5 Å². The van der Waals surface area contributed by atoms with Gasteiger partial charge in [0.2, 0.25) is 0 Å². The first-order valence-corrected chi connectivity index (χ1v) is 1.35. The van der Waals surface area contributed by atoms with Gasteiger partial charge in [0.1, 0.15) is 0 Å². The molecule has 26 valence electrons. The second-order valence-corrected chi connectivity index (χ2v) is 0.516. The van der Waals surface area contributed by atoms with Gasteiger partial charge in [-0.2, -0.15) is 0 Å². The molecule has 0 bridgehead atoms. The molecular formula is CH2N2Pd. The molecule has 0 aromatic heterocycles. The van der Waals surface area contributed by atoms with Crippen molar-refractivity contribution < 1.29 is 19.0 Å². The predicted octanol–water partition coefficient (Wildman–Crippen LogP) is 0.332. The Bertz CT molecular complexity index is 27.0. The maximum atomic E-state index is 3.10. The van der Waals surface area contributed by atoms with Crippen LogP contribution in [0.4, 0.5) is 0 Å². The molecule has 0 rings (SSSR count). The molecule has 0 amide bonds. The molecule has 0 spiro atoms. The third-order valence-corrected chi connectivity index (χ3v) is 0.265. The van der Waals surface area contributed by atoms with Crippen LogP contribution in [0.15, 0.2) is 8.78 Å². The molecule has 0 unspecified atom stereocenters. The van der Waals surface area contributed by atoms with Crippen LogP contribution in [0.25, 0.3) is 0 Å². The van der Waals surface area contributed by atoms with Gasteiger partial charge in [0.15, 0.2) is 0 Å². The molecule has 0 heterocycles. The molecule has 0 N–H and O–H groups in total. The first-order valence-electron chi connectivity index (χ1n) is 0.658. The second kappa shape index (κ2) is 3.13. The van der Waals surface area contributed by atoms with E-state index in [-0.39, 0.29) is 0 Å². The van der Waals surface area contributed by atoms with Crippen LogP contribution in [-0.4, -0.2) is 6.72 Å². The van der Waals surface area contributed by atoms with E-state index in [1.54, 1.807) is 0 Å². The van der Waals surface area contributed by atoms with Crippen molar-refractivity contribution >= 4 is 6.72 Å². The zero-order valence-corrected chi connectivity index (χ0v) is 3.47. The van der Waals surface area contributed by atoms with Gasteiger partial charge in [-0.05, 0) is 0 Å². The van der Waals surface area contributed by atoms with Crippen LogP contribution < -0.4 is 0 Å². The van der Waals surface area contributed by atoms with Crippen LogP contribution in [0, 0.1) is 0 Å². The average molecular weight is 148 g/mol. The monoisotopic (exact) mass is 148 g/mol. The Hall–Kier alpha value is 0.132. The third kappa shape index (κ3) is 2.13. The van der Waals surface area contributed by atoms with Gasteiger partial charge in [-0.3, -0.25) is 0 Å². The van der Waals surface area contributed by atoms with Gasteiger partial charge in [0, 0.05) is 0 Å². The molecule has 2 nitrogen and oxygen atoms in total. The summed E-state index contributed by atoms with van der Waals surface area (Å²) in [6.07, 6.45) is 0. The number of rotatable bonds is 1. The summed E-state index contributed by atoms with van der Waals surface area (Å²) < 4.78 is 3.10. The Morgan fingerprint density at radius 1 is 1.75 bits per heavy atom. The zero-order chi connectivity index (χ0) is 3.41. The molecule has 0 aliphatic heterocycles. The van der Waals surface area contributed by atoms with Crippen molar-refractivity contribution in [3.8, 4) is 0 Å². The van der Waals surface area contributed by atoms with Crippen LogP contribution in [0.1, 0.15) is 0 Å². The van der Waals surface area contributed by atoms with Gasteiger partial charge in [0.25, 0.3) is 0 Å². The summed E-state index contributed by atoms with van der Waals surface area (Å²) in [5, 5.41) is 3.04. The fourth-order valence-electron chi connectivity index (χ4n) is 0. The Morgan fingerprint density at radius 3 is 2.00 bits per heavy atom. The van der Waals surface area contributed by atoms with E-state index in [1.165, 1.54) is 0 Å². The Labute approximate surface area is 35.2 Å². The summed E-state index contributed by atoms with van der Waals surface area (Å²) in [6.45, 7) is 3.02. The third-order valence-electron chi connectivity index (χ3n) is 0.0447. The van der Waals surface area contributed by atoms with Gasteiger partial charge in [0.05, 0.1) is 0 Å². The topological polar surface area (TPSA) is 24.7 Å². The van der Waals surface area contributed by atoms with Crippen LogP contribution in [0.5, 0.6) is 0 Å². The SMILES string of the molecule is C=N[N]=[Pd]. The van der Waals surface area contributed by atoms with E-state index in [9.17, 15) is 0 Å². The molecule has 0 atom stereocenters. The van der Waals surface area contributed by atoms with Crippen molar-refractivity contribution in [1.82, 2.24) is 0 Å². The van der Waals surface area contributed by atoms with Crippen molar-refractivity contribution in [2.75, 3.05) is 0 Å². The molecule has 4 heavy (non-hydrogen) atoms. The molecule has 0 radical (unpaired) electrons. The maximum absolute atomic E-state index is 3.10. The average Bonchev–Trinajstić information content (AvgIpc) is 1.37. The first-order chi connectivity index (χ1) is 1.91. The molecule has 3 heteroatoms. The van der Waals surface area contributed by atoms with Gasteiger partial charge in [-0.15, -0.1) is 0 Å². The summed E-state index contributed by atoms with van der Waals surface area (Å²) in [5.74, 6) is 0. The normalized spacial score (nSPS) is 5.50. The van der Waals surface area contributed by atoms with E-state index >= 15 is 0 Å². The van der Waals surface area contributed by atoms with E-state index in [4.69, 9.17) is 0 Å². The summed E-state index contributed by atoms with van der Waals surface area (Å²) in [5.41, 5.74) is 0. The van der Waals surface area contributed by atoms with E-state index in [0.29, 0.717) is 0 Å². The van der Waals surface area contributed by atoms with Crippen molar-refractivity contribution in [2.45, 2.75) is 0 Å². The Balaban J connectivity index is 2.73.